The molecule has 2 amide bonds. The lowest BCUT2D eigenvalue weighted by atomic mass is 10.0. The van der Waals surface area contributed by atoms with E-state index in [2.05, 4.69) is 15.8 Å². The smallest absolute Gasteiger partial charge is 0.329 e. The molecule has 0 unspecified atom stereocenters. The highest BCUT2D eigenvalue weighted by Gasteiger charge is 2.16. The van der Waals surface area contributed by atoms with E-state index in [1.807, 2.05) is 87.5 Å². The fourth-order valence-corrected chi connectivity index (χ4v) is 3.06. The molecule has 3 rings (SSSR count). The Morgan fingerprint density at radius 3 is 2.33 bits per heavy atom. The Bertz CT molecular complexity index is 1060. The molecule has 0 aliphatic carbocycles. The molecule has 0 bridgehead atoms. The number of amides is 2. The quantitative estimate of drug-likeness (QED) is 0.371. The van der Waals surface area contributed by atoms with Gasteiger partial charge in [-0.2, -0.15) is 5.10 Å². The van der Waals surface area contributed by atoms with Crippen LogP contribution in [0.4, 0.5) is 0 Å². The first-order valence-corrected chi connectivity index (χ1v) is 9.83. The van der Waals surface area contributed by atoms with E-state index < -0.39 is 11.8 Å². The van der Waals surface area contributed by atoms with Crippen molar-refractivity contribution in [3.05, 3.63) is 77.9 Å². The van der Waals surface area contributed by atoms with E-state index in [0.717, 1.165) is 21.9 Å². The van der Waals surface area contributed by atoms with Crippen molar-refractivity contribution >= 4 is 28.8 Å². The van der Waals surface area contributed by atoms with Crippen molar-refractivity contribution in [2.24, 2.45) is 5.10 Å². The molecule has 2 N–H and O–H groups in total. The average molecular weight is 403 g/mol. The maximum atomic E-state index is 12.2. The molecule has 3 aromatic rings. The number of benzene rings is 3. The van der Waals surface area contributed by atoms with E-state index in [0.29, 0.717) is 5.75 Å². The van der Waals surface area contributed by atoms with Crippen LogP contribution in [0, 0.1) is 0 Å². The lowest BCUT2D eigenvalue weighted by Crippen LogP contribution is -2.39. The highest BCUT2D eigenvalue weighted by Crippen LogP contribution is 2.27. The molecule has 0 saturated heterocycles. The van der Waals surface area contributed by atoms with Gasteiger partial charge in [0.05, 0.1) is 18.4 Å². The third-order valence-corrected chi connectivity index (χ3v) is 4.51. The second-order valence-corrected chi connectivity index (χ2v) is 7.17. The Labute approximate surface area is 175 Å². The molecule has 30 heavy (non-hydrogen) atoms. The number of hydrogen-bond acceptors (Lipinski definition) is 4. The van der Waals surface area contributed by atoms with Crippen LogP contribution in [0.5, 0.6) is 5.75 Å². The summed E-state index contributed by atoms with van der Waals surface area (Å²) < 4.78 is 5.88. The summed E-state index contributed by atoms with van der Waals surface area (Å²) in [5.74, 6) is -0.926. The van der Waals surface area contributed by atoms with E-state index in [4.69, 9.17) is 4.74 Å². The summed E-state index contributed by atoms with van der Waals surface area (Å²) in [7, 11) is 0. The highest BCUT2D eigenvalue weighted by molar-refractivity contribution is 6.35. The van der Waals surface area contributed by atoms with Crippen molar-refractivity contribution in [1.82, 2.24) is 10.7 Å². The van der Waals surface area contributed by atoms with Crippen LogP contribution in [0.2, 0.25) is 0 Å². The van der Waals surface area contributed by atoms with Crippen LogP contribution < -0.4 is 15.5 Å². The van der Waals surface area contributed by atoms with Crippen LogP contribution >= 0.6 is 0 Å². The van der Waals surface area contributed by atoms with Gasteiger partial charge in [0, 0.05) is 5.56 Å². The third-order valence-electron chi connectivity index (χ3n) is 4.51. The van der Waals surface area contributed by atoms with Gasteiger partial charge in [0.15, 0.2) is 0 Å². The predicted octanol–water partition coefficient (Wildman–Crippen LogP) is 3.95. The van der Waals surface area contributed by atoms with Gasteiger partial charge in [-0.15, -0.1) is 0 Å². The molecule has 0 spiro atoms. The van der Waals surface area contributed by atoms with Crippen molar-refractivity contribution < 1.29 is 14.3 Å². The standard InChI is InChI=1S/C24H25N3O3/c1-16(2)30-22-14-13-19-11-7-8-12-20(19)21(22)15-25-27-24(29)23(28)26-17(3)18-9-5-4-6-10-18/h4-17H,1-3H3,(H,26,28)(H,27,29)/b25-15-/t17-/m0/s1. The van der Waals surface area contributed by atoms with E-state index in [1.165, 1.54) is 6.21 Å². The average Bonchev–Trinajstić information content (AvgIpc) is 2.75. The summed E-state index contributed by atoms with van der Waals surface area (Å²) in [4.78, 5) is 24.3. The molecule has 0 aliphatic rings. The van der Waals surface area contributed by atoms with Gasteiger partial charge in [-0.25, -0.2) is 5.43 Å². The Kier molecular flexibility index (Phi) is 6.80. The number of carbonyl (C=O) groups is 2. The Balaban J connectivity index is 1.72. The third kappa shape index (κ3) is 5.23. The molecule has 6 nitrogen and oxygen atoms in total. The topological polar surface area (TPSA) is 79.8 Å². The maximum absolute atomic E-state index is 12.2. The van der Waals surface area contributed by atoms with Gasteiger partial charge in [0.25, 0.3) is 0 Å². The van der Waals surface area contributed by atoms with Crippen LogP contribution in [-0.2, 0) is 9.59 Å². The fourth-order valence-electron chi connectivity index (χ4n) is 3.06. The summed E-state index contributed by atoms with van der Waals surface area (Å²) in [6.45, 7) is 5.70. The van der Waals surface area contributed by atoms with Gasteiger partial charge in [0.1, 0.15) is 5.75 Å². The summed E-state index contributed by atoms with van der Waals surface area (Å²) in [5, 5.41) is 8.62. The number of nitrogens with zero attached hydrogens (tertiary/aromatic N) is 1. The number of hydrogen-bond donors (Lipinski definition) is 2. The number of nitrogens with one attached hydrogen (secondary N) is 2. The molecule has 0 radical (unpaired) electrons. The monoisotopic (exact) mass is 403 g/mol. The molecule has 0 fully saturated rings. The van der Waals surface area contributed by atoms with Crippen molar-refractivity contribution in [2.75, 3.05) is 0 Å². The van der Waals surface area contributed by atoms with Gasteiger partial charge in [-0.1, -0.05) is 60.7 Å². The van der Waals surface area contributed by atoms with E-state index in [1.54, 1.807) is 0 Å². The van der Waals surface area contributed by atoms with Crippen LogP contribution in [0.15, 0.2) is 71.8 Å². The van der Waals surface area contributed by atoms with Crippen molar-refractivity contribution in [3.8, 4) is 5.75 Å². The first kappa shape index (κ1) is 21.0. The molecule has 0 heterocycles. The minimum absolute atomic E-state index is 0.0156. The fraction of sp³-hybridized carbons (Fsp3) is 0.208. The van der Waals surface area contributed by atoms with Gasteiger partial charge >= 0.3 is 11.8 Å². The Hall–Kier alpha value is -3.67. The van der Waals surface area contributed by atoms with E-state index in [-0.39, 0.29) is 12.1 Å². The molecule has 6 heteroatoms. The molecule has 0 aliphatic heterocycles. The SMILES string of the molecule is CC(C)Oc1ccc2ccccc2c1/C=N\NC(=O)C(=O)N[C@@H](C)c1ccccc1. The summed E-state index contributed by atoms with van der Waals surface area (Å²) in [6.07, 6.45) is 1.49. The highest BCUT2D eigenvalue weighted by atomic mass is 16.5. The first-order valence-electron chi connectivity index (χ1n) is 9.83. The van der Waals surface area contributed by atoms with Gasteiger partial charge in [-0.3, -0.25) is 9.59 Å². The minimum Gasteiger partial charge on any atom is -0.490 e. The maximum Gasteiger partial charge on any atom is 0.329 e. The zero-order chi connectivity index (χ0) is 21.5. The zero-order valence-corrected chi connectivity index (χ0v) is 17.3. The van der Waals surface area contributed by atoms with Gasteiger partial charge in [0.2, 0.25) is 0 Å². The molecule has 154 valence electrons. The zero-order valence-electron chi connectivity index (χ0n) is 17.3. The second-order valence-electron chi connectivity index (χ2n) is 7.17. The van der Waals surface area contributed by atoms with Crippen LogP contribution in [-0.4, -0.2) is 24.1 Å². The molecule has 0 aromatic heterocycles. The lowest BCUT2D eigenvalue weighted by molar-refractivity contribution is -0.139. The number of hydrazone groups is 1. The first-order chi connectivity index (χ1) is 14.5. The Morgan fingerprint density at radius 2 is 1.60 bits per heavy atom. The van der Waals surface area contributed by atoms with E-state index in [9.17, 15) is 9.59 Å². The predicted molar refractivity (Wildman–Crippen MR) is 118 cm³/mol. The number of ether oxygens (including phenoxy) is 1. The molecular weight excluding hydrogens is 378 g/mol. The molecule has 3 aromatic carbocycles. The second kappa shape index (κ2) is 9.69. The Morgan fingerprint density at radius 1 is 0.900 bits per heavy atom. The number of carbonyl (C=O) groups excluding carboxylic acids is 2. The van der Waals surface area contributed by atoms with E-state index >= 15 is 0 Å². The van der Waals surface area contributed by atoms with Gasteiger partial charge in [-0.05, 0) is 43.2 Å². The van der Waals surface area contributed by atoms with Crippen molar-refractivity contribution in [2.45, 2.75) is 32.9 Å². The molecule has 0 saturated carbocycles. The van der Waals surface area contributed by atoms with Crippen molar-refractivity contribution in [1.29, 1.82) is 0 Å². The van der Waals surface area contributed by atoms with Crippen LogP contribution in [0.1, 0.15) is 37.9 Å². The largest absolute Gasteiger partial charge is 0.490 e. The summed E-state index contributed by atoms with van der Waals surface area (Å²) >= 11 is 0. The van der Waals surface area contributed by atoms with Crippen LogP contribution in [0.3, 0.4) is 0 Å². The van der Waals surface area contributed by atoms with Crippen LogP contribution in [0.25, 0.3) is 10.8 Å². The minimum atomic E-state index is -0.833. The summed E-state index contributed by atoms with van der Waals surface area (Å²) in [6, 6.07) is 20.8. The van der Waals surface area contributed by atoms with Crippen molar-refractivity contribution in [3.63, 3.8) is 0 Å². The summed E-state index contributed by atoms with van der Waals surface area (Å²) in [5.41, 5.74) is 3.94. The molecule has 1 atom stereocenters. The number of fused-ring (bicyclic) bond motifs is 1. The van der Waals surface area contributed by atoms with Gasteiger partial charge < -0.3 is 10.1 Å². The normalized spacial score (nSPS) is 12.1. The lowest BCUT2D eigenvalue weighted by Gasteiger charge is -2.14. The number of rotatable bonds is 6. The molecular formula is C24H25N3O3.